The lowest BCUT2D eigenvalue weighted by Crippen LogP contribution is -2.56. The van der Waals surface area contributed by atoms with Gasteiger partial charge in [0.1, 0.15) is 24.1 Å². The summed E-state index contributed by atoms with van der Waals surface area (Å²) in [5.41, 5.74) is 0. The normalized spacial score (nSPS) is 30.3. The fraction of sp³-hybridized carbons (Fsp3) is 0.750. The van der Waals surface area contributed by atoms with E-state index in [1.165, 1.54) is 7.11 Å². The molecule has 0 aliphatic carbocycles. The number of anilines is 2. The van der Waals surface area contributed by atoms with Crippen LogP contribution < -0.4 is 15.0 Å². The maximum absolute atomic E-state index is 10.3. The number of aliphatic hydroxyl groups excluding tert-OH is 3. The molecule has 2 aliphatic rings. The van der Waals surface area contributed by atoms with Gasteiger partial charge in [-0.05, 0) is 7.05 Å². The molecule has 146 valence electrons. The van der Waals surface area contributed by atoms with Crippen LogP contribution in [0.3, 0.4) is 0 Å². The van der Waals surface area contributed by atoms with Crippen LogP contribution in [0, 0.1) is 0 Å². The fourth-order valence-electron chi connectivity index (χ4n) is 3.12. The van der Waals surface area contributed by atoms with Gasteiger partial charge in [0.15, 0.2) is 0 Å². The first-order valence-corrected chi connectivity index (χ1v) is 8.73. The topological polar surface area (TPSA) is 123 Å². The highest BCUT2D eigenvalue weighted by atomic mass is 16.5. The van der Waals surface area contributed by atoms with Crippen LogP contribution in [0.5, 0.6) is 5.88 Å². The molecule has 0 bridgehead atoms. The van der Waals surface area contributed by atoms with Crippen molar-refractivity contribution in [3.63, 3.8) is 0 Å². The monoisotopic (exact) mass is 369 g/mol. The van der Waals surface area contributed by atoms with Crippen molar-refractivity contribution in [3.05, 3.63) is 6.07 Å². The second-order valence-electron chi connectivity index (χ2n) is 6.67. The number of ether oxygens (including phenoxy) is 2. The Balaban J connectivity index is 1.74. The summed E-state index contributed by atoms with van der Waals surface area (Å²) >= 11 is 0. The van der Waals surface area contributed by atoms with Crippen molar-refractivity contribution < 1.29 is 24.8 Å². The molecule has 0 unspecified atom stereocenters. The summed E-state index contributed by atoms with van der Waals surface area (Å²) < 4.78 is 10.7. The molecule has 0 spiro atoms. The van der Waals surface area contributed by atoms with Crippen LogP contribution in [0.15, 0.2) is 6.07 Å². The molecule has 0 amide bonds. The van der Waals surface area contributed by atoms with E-state index in [-0.39, 0.29) is 13.2 Å². The molecule has 4 atom stereocenters. The van der Waals surface area contributed by atoms with Gasteiger partial charge in [0.25, 0.3) is 0 Å². The second kappa shape index (κ2) is 8.31. The quantitative estimate of drug-likeness (QED) is 0.469. The lowest BCUT2D eigenvalue weighted by molar-refractivity contribution is -0.152. The van der Waals surface area contributed by atoms with Crippen molar-refractivity contribution in [2.24, 2.45) is 0 Å². The van der Waals surface area contributed by atoms with Crippen molar-refractivity contribution in [3.8, 4) is 5.88 Å². The molecular formula is C16H27N5O5. The molecule has 3 heterocycles. The Morgan fingerprint density at radius 1 is 1.23 bits per heavy atom. The standard InChI is InChI=1S/C16H27N5O5/c1-20-3-5-21(6-4-20)12-7-13(25-2)19-16(18-12)17-10-9-26-11(8-22)15(24)14(10)23/h7,10-11,14-15,22-24H,3-6,8-9H2,1-2H3,(H,17,18,19)/t10-,11+,14+,15-/m0/s1. The van der Waals surface area contributed by atoms with Crippen molar-refractivity contribution in [2.45, 2.75) is 24.4 Å². The van der Waals surface area contributed by atoms with Gasteiger partial charge in [0.05, 0.1) is 26.4 Å². The van der Waals surface area contributed by atoms with Crippen molar-refractivity contribution in [1.82, 2.24) is 14.9 Å². The highest BCUT2D eigenvalue weighted by Crippen LogP contribution is 2.23. The summed E-state index contributed by atoms with van der Waals surface area (Å²) in [6, 6.07) is 1.18. The number of hydrogen-bond acceptors (Lipinski definition) is 10. The first-order chi connectivity index (χ1) is 12.5. The number of nitrogens with zero attached hydrogens (tertiary/aromatic N) is 4. The Bertz CT molecular complexity index is 598. The van der Waals surface area contributed by atoms with Gasteiger partial charge in [-0.15, -0.1) is 0 Å². The minimum Gasteiger partial charge on any atom is -0.481 e. The maximum atomic E-state index is 10.3. The number of aromatic nitrogens is 2. The number of hydrogen-bond donors (Lipinski definition) is 4. The van der Waals surface area contributed by atoms with Gasteiger partial charge in [-0.3, -0.25) is 0 Å². The van der Waals surface area contributed by atoms with Gasteiger partial charge < -0.3 is 39.9 Å². The molecular weight excluding hydrogens is 342 g/mol. The first kappa shape index (κ1) is 19.1. The van der Waals surface area contributed by atoms with Crippen LogP contribution in [0.25, 0.3) is 0 Å². The van der Waals surface area contributed by atoms with Gasteiger partial charge in [-0.2, -0.15) is 9.97 Å². The van der Waals surface area contributed by atoms with E-state index in [2.05, 4.69) is 32.1 Å². The number of piperazine rings is 1. The van der Waals surface area contributed by atoms with Gasteiger partial charge in [0.2, 0.25) is 11.8 Å². The molecule has 1 aromatic heterocycles. The Morgan fingerprint density at radius 2 is 1.96 bits per heavy atom. The number of rotatable bonds is 5. The van der Waals surface area contributed by atoms with Crippen LogP contribution in [-0.2, 0) is 4.74 Å². The highest BCUT2D eigenvalue weighted by Gasteiger charge is 2.38. The van der Waals surface area contributed by atoms with Crippen LogP contribution in [0.2, 0.25) is 0 Å². The molecule has 3 rings (SSSR count). The number of aliphatic hydroxyl groups is 3. The molecule has 4 N–H and O–H groups in total. The SMILES string of the molecule is COc1cc(N2CCN(C)CC2)nc(N[C@H]2CO[C@H](CO)[C@H](O)[C@@H]2O)n1. The van der Waals surface area contributed by atoms with Crippen LogP contribution in [0.1, 0.15) is 0 Å². The Kier molecular flexibility index (Phi) is 6.09. The summed E-state index contributed by atoms with van der Waals surface area (Å²) in [7, 11) is 3.62. The van der Waals surface area contributed by atoms with Crippen LogP contribution in [0.4, 0.5) is 11.8 Å². The molecule has 1 aromatic rings. The largest absolute Gasteiger partial charge is 0.481 e. The molecule has 2 saturated heterocycles. The molecule has 26 heavy (non-hydrogen) atoms. The van der Waals surface area contributed by atoms with E-state index in [0.29, 0.717) is 11.8 Å². The van der Waals surface area contributed by atoms with Crippen LogP contribution >= 0.6 is 0 Å². The van der Waals surface area contributed by atoms with Crippen molar-refractivity contribution in [1.29, 1.82) is 0 Å². The Labute approximate surface area is 152 Å². The van der Waals surface area contributed by atoms with Gasteiger partial charge in [0, 0.05) is 32.2 Å². The average molecular weight is 369 g/mol. The summed E-state index contributed by atoms with van der Waals surface area (Å²) in [6.07, 6.45) is -3.09. The Hall–Kier alpha value is -1.72. The number of methoxy groups -OCH3 is 1. The molecule has 10 heteroatoms. The van der Waals surface area contributed by atoms with E-state index in [9.17, 15) is 10.2 Å². The zero-order valence-corrected chi connectivity index (χ0v) is 15.1. The lowest BCUT2D eigenvalue weighted by Gasteiger charge is -2.37. The maximum Gasteiger partial charge on any atom is 0.228 e. The van der Waals surface area contributed by atoms with Crippen LogP contribution in [-0.4, -0.2) is 108 Å². The molecule has 10 nitrogen and oxygen atoms in total. The first-order valence-electron chi connectivity index (χ1n) is 8.73. The minimum atomic E-state index is -1.19. The minimum absolute atomic E-state index is 0.119. The van der Waals surface area contributed by atoms with Gasteiger partial charge >= 0.3 is 0 Å². The zero-order valence-electron chi connectivity index (χ0n) is 15.1. The van der Waals surface area contributed by atoms with E-state index in [0.717, 1.165) is 32.0 Å². The molecule has 0 saturated carbocycles. The van der Waals surface area contributed by atoms with Crippen molar-refractivity contribution >= 4 is 11.8 Å². The molecule has 0 radical (unpaired) electrons. The molecule has 0 aromatic carbocycles. The summed E-state index contributed by atoms with van der Waals surface area (Å²) in [6.45, 7) is 3.35. The predicted molar refractivity (Wildman–Crippen MR) is 94.5 cm³/mol. The summed E-state index contributed by atoms with van der Waals surface area (Å²) in [5, 5.41) is 32.5. The van der Waals surface area contributed by atoms with E-state index >= 15 is 0 Å². The summed E-state index contributed by atoms with van der Waals surface area (Å²) in [5.74, 6) is 1.45. The van der Waals surface area contributed by atoms with Crippen molar-refractivity contribution in [2.75, 3.05) is 63.8 Å². The van der Waals surface area contributed by atoms with E-state index in [1.54, 1.807) is 6.07 Å². The fourth-order valence-corrected chi connectivity index (χ4v) is 3.12. The third kappa shape index (κ3) is 4.15. The van der Waals surface area contributed by atoms with Gasteiger partial charge in [-0.25, -0.2) is 0 Å². The lowest BCUT2D eigenvalue weighted by atomic mass is 9.98. The third-order valence-corrected chi connectivity index (χ3v) is 4.85. The predicted octanol–water partition coefficient (Wildman–Crippen LogP) is -1.87. The molecule has 2 aliphatic heterocycles. The highest BCUT2D eigenvalue weighted by molar-refractivity contribution is 5.47. The van der Waals surface area contributed by atoms with E-state index in [1.807, 2.05) is 0 Å². The average Bonchev–Trinajstić information content (AvgIpc) is 2.66. The number of nitrogens with one attached hydrogen (secondary N) is 1. The molecule has 2 fully saturated rings. The zero-order chi connectivity index (χ0) is 18.7. The number of likely N-dealkylation sites (N-methyl/N-ethyl adjacent to an activating group) is 1. The second-order valence-corrected chi connectivity index (χ2v) is 6.67. The van der Waals surface area contributed by atoms with Gasteiger partial charge in [-0.1, -0.05) is 0 Å². The summed E-state index contributed by atoms with van der Waals surface area (Å²) in [4.78, 5) is 13.2. The smallest absolute Gasteiger partial charge is 0.228 e. The third-order valence-electron chi connectivity index (χ3n) is 4.85. The Morgan fingerprint density at radius 3 is 2.62 bits per heavy atom. The van der Waals surface area contributed by atoms with E-state index < -0.39 is 24.4 Å². The van der Waals surface area contributed by atoms with E-state index in [4.69, 9.17) is 14.6 Å².